The topological polar surface area (TPSA) is 68.0 Å². The summed E-state index contributed by atoms with van der Waals surface area (Å²) in [4.78, 5) is 17.0. The molecule has 31 heavy (non-hydrogen) atoms. The zero-order valence-corrected chi connectivity index (χ0v) is 16.8. The zero-order valence-electron chi connectivity index (χ0n) is 16.1. The molecule has 4 rings (SSSR count). The normalized spacial score (nSPS) is 11.8. The van der Waals surface area contributed by atoms with Crippen LogP contribution in [0, 0.1) is 11.6 Å². The van der Waals surface area contributed by atoms with Gasteiger partial charge in [0.15, 0.2) is 0 Å². The lowest BCUT2D eigenvalue weighted by Gasteiger charge is -2.18. The third kappa shape index (κ3) is 4.95. The van der Waals surface area contributed by atoms with Gasteiger partial charge in [0.1, 0.15) is 11.6 Å². The van der Waals surface area contributed by atoms with E-state index in [9.17, 15) is 13.6 Å². The SMILES string of the molecule is O=C(NC(Cc1nc(-c2cc(F)cc(F)c2)no1)c1ccccc1)c1ccccc1Cl. The molecule has 0 saturated heterocycles. The minimum atomic E-state index is -0.740. The minimum Gasteiger partial charge on any atom is -0.345 e. The maximum atomic E-state index is 13.5. The van der Waals surface area contributed by atoms with E-state index in [1.807, 2.05) is 30.3 Å². The number of amides is 1. The van der Waals surface area contributed by atoms with Gasteiger partial charge in [-0.15, -0.1) is 0 Å². The van der Waals surface area contributed by atoms with Crippen molar-refractivity contribution < 1.29 is 18.1 Å². The van der Waals surface area contributed by atoms with Crippen LogP contribution in [-0.2, 0) is 6.42 Å². The maximum absolute atomic E-state index is 13.5. The number of benzene rings is 3. The fourth-order valence-electron chi connectivity index (χ4n) is 3.13. The van der Waals surface area contributed by atoms with Gasteiger partial charge in [-0.1, -0.05) is 59.2 Å². The average Bonchev–Trinajstić information content (AvgIpc) is 3.22. The number of carbonyl (C=O) groups excluding carboxylic acids is 1. The Labute approximate surface area is 181 Å². The predicted molar refractivity (Wildman–Crippen MR) is 111 cm³/mol. The molecule has 1 unspecified atom stereocenters. The molecule has 8 heteroatoms. The third-order valence-corrected chi connectivity index (χ3v) is 4.92. The lowest BCUT2D eigenvalue weighted by atomic mass is 10.0. The van der Waals surface area contributed by atoms with E-state index in [0.717, 1.165) is 23.8 Å². The van der Waals surface area contributed by atoms with Crippen molar-refractivity contribution in [3.8, 4) is 11.4 Å². The van der Waals surface area contributed by atoms with Gasteiger partial charge in [0, 0.05) is 11.6 Å². The average molecular weight is 440 g/mol. The first-order valence-electron chi connectivity index (χ1n) is 9.39. The Bertz CT molecular complexity index is 1190. The summed E-state index contributed by atoms with van der Waals surface area (Å²) in [6.45, 7) is 0. The van der Waals surface area contributed by atoms with Gasteiger partial charge in [0.25, 0.3) is 5.91 Å². The van der Waals surface area contributed by atoms with Crippen LogP contribution >= 0.6 is 11.6 Å². The van der Waals surface area contributed by atoms with Crippen LogP contribution in [0.5, 0.6) is 0 Å². The number of nitrogens with zero attached hydrogens (tertiary/aromatic N) is 2. The number of nitrogens with one attached hydrogen (secondary N) is 1. The molecule has 0 spiro atoms. The number of hydrogen-bond acceptors (Lipinski definition) is 4. The van der Waals surface area contributed by atoms with E-state index < -0.39 is 17.7 Å². The Morgan fingerprint density at radius 2 is 1.68 bits per heavy atom. The van der Waals surface area contributed by atoms with Crippen LogP contribution in [0.25, 0.3) is 11.4 Å². The Morgan fingerprint density at radius 3 is 2.39 bits per heavy atom. The van der Waals surface area contributed by atoms with E-state index in [1.54, 1.807) is 24.3 Å². The van der Waals surface area contributed by atoms with Gasteiger partial charge in [-0.3, -0.25) is 4.79 Å². The smallest absolute Gasteiger partial charge is 0.253 e. The van der Waals surface area contributed by atoms with E-state index in [-0.39, 0.29) is 29.6 Å². The second-order valence-corrected chi connectivity index (χ2v) is 7.20. The summed E-state index contributed by atoms with van der Waals surface area (Å²) in [5.41, 5.74) is 1.31. The van der Waals surface area contributed by atoms with E-state index in [0.29, 0.717) is 10.6 Å². The molecule has 0 radical (unpaired) electrons. The van der Waals surface area contributed by atoms with Gasteiger partial charge in [-0.05, 0) is 29.8 Å². The molecule has 5 nitrogen and oxygen atoms in total. The molecule has 0 aliphatic carbocycles. The van der Waals surface area contributed by atoms with Crippen LogP contribution in [0.4, 0.5) is 8.78 Å². The highest BCUT2D eigenvalue weighted by Crippen LogP contribution is 2.23. The van der Waals surface area contributed by atoms with Gasteiger partial charge >= 0.3 is 0 Å². The fourth-order valence-corrected chi connectivity index (χ4v) is 3.35. The molecule has 1 N–H and O–H groups in total. The molecule has 0 saturated carbocycles. The number of rotatable bonds is 6. The van der Waals surface area contributed by atoms with Gasteiger partial charge in [0.05, 0.1) is 23.0 Å². The van der Waals surface area contributed by atoms with Crippen molar-refractivity contribution in [2.75, 3.05) is 0 Å². The second-order valence-electron chi connectivity index (χ2n) is 6.79. The number of carbonyl (C=O) groups is 1. The fraction of sp³-hybridized carbons (Fsp3) is 0.0870. The minimum absolute atomic E-state index is 0.0534. The summed E-state index contributed by atoms with van der Waals surface area (Å²) in [6, 6.07) is 18.5. The van der Waals surface area contributed by atoms with Crippen LogP contribution < -0.4 is 5.32 Å². The van der Waals surface area contributed by atoms with E-state index in [2.05, 4.69) is 15.5 Å². The second kappa shape index (κ2) is 9.06. The van der Waals surface area contributed by atoms with Crippen LogP contribution in [0.1, 0.15) is 27.9 Å². The molecule has 1 atom stereocenters. The first-order valence-corrected chi connectivity index (χ1v) is 9.77. The number of halogens is 3. The largest absolute Gasteiger partial charge is 0.345 e. The van der Waals surface area contributed by atoms with Crippen LogP contribution in [0.3, 0.4) is 0 Å². The van der Waals surface area contributed by atoms with Gasteiger partial charge < -0.3 is 9.84 Å². The van der Waals surface area contributed by atoms with E-state index in [4.69, 9.17) is 16.1 Å². The lowest BCUT2D eigenvalue weighted by molar-refractivity contribution is 0.0935. The molecule has 156 valence electrons. The highest BCUT2D eigenvalue weighted by molar-refractivity contribution is 6.33. The van der Waals surface area contributed by atoms with Crippen molar-refractivity contribution in [3.05, 3.63) is 106 Å². The van der Waals surface area contributed by atoms with Crippen LogP contribution in [0.15, 0.2) is 77.3 Å². The molecule has 0 aliphatic rings. The molecule has 0 bridgehead atoms. The summed E-state index contributed by atoms with van der Waals surface area (Å²) in [7, 11) is 0. The molecule has 4 aromatic rings. The quantitative estimate of drug-likeness (QED) is 0.438. The summed E-state index contributed by atoms with van der Waals surface area (Å²) in [5.74, 6) is -1.58. The summed E-state index contributed by atoms with van der Waals surface area (Å²) in [5, 5.41) is 7.08. The molecule has 0 fully saturated rings. The van der Waals surface area contributed by atoms with Crippen molar-refractivity contribution in [2.24, 2.45) is 0 Å². The lowest BCUT2D eigenvalue weighted by Crippen LogP contribution is -2.30. The standard InChI is InChI=1S/C23H16ClF2N3O2/c24-19-9-5-4-8-18(19)23(30)27-20(14-6-2-1-3-7-14)13-21-28-22(29-31-21)15-10-16(25)12-17(26)11-15/h1-12,20H,13H2,(H,27,30). The summed E-state index contributed by atoms with van der Waals surface area (Å²) in [6.07, 6.45) is 0.172. The van der Waals surface area contributed by atoms with Crippen molar-refractivity contribution in [1.82, 2.24) is 15.5 Å². The van der Waals surface area contributed by atoms with Crippen LogP contribution in [-0.4, -0.2) is 16.0 Å². The number of hydrogen-bond donors (Lipinski definition) is 1. The van der Waals surface area contributed by atoms with Gasteiger partial charge in [-0.2, -0.15) is 4.98 Å². The first kappa shape index (κ1) is 20.7. The molecule has 0 aliphatic heterocycles. The van der Waals surface area contributed by atoms with Crippen molar-refractivity contribution in [2.45, 2.75) is 12.5 Å². The number of aromatic nitrogens is 2. The first-order chi connectivity index (χ1) is 15.0. The molecular formula is C23H16ClF2N3O2. The van der Waals surface area contributed by atoms with E-state index in [1.165, 1.54) is 0 Å². The van der Waals surface area contributed by atoms with E-state index >= 15 is 0 Å². The Morgan fingerprint density at radius 1 is 1.00 bits per heavy atom. The zero-order chi connectivity index (χ0) is 21.8. The molecule has 1 heterocycles. The monoisotopic (exact) mass is 439 g/mol. The molecular weight excluding hydrogens is 424 g/mol. The highest BCUT2D eigenvalue weighted by Gasteiger charge is 2.21. The van der Waals surface area contributed by atoms with Gasteiger partial charge in [-0.25, -0.2) is 8.78 Å². The van der Waals surface area contributed by atoms with Crippen LogP contribution in [0.2, 0.25) is 5.02 Å². The molecule has 3 aromatic carbocycles. The Kier molecular flexibility index (Phi) is 6.04. The third-order valence-electron chi connectivity index (χ3n) is 4.59. The molecule has 1 aromatic heterocycles. The Hall–Kier alpha value is -3.58. The molecule has 1 amide bonds. The summed E-state index contributed by atoms with van der Waals surface area (Å²) < 4.78 is 32.3. The predicted octanol–water partition coefficient (Wildman–Crippen LogP) is 5.38. The Balaban J connectivity index is 1.59. The summed E-state index contributed by atoms with van der Waals surface area (Å²) >= 11 is 6.14. The van der Waals surface area contributed by atoms with Crippen molar-refractivity contribution >= 4 is 17.5 Å². The maximum Gasteiger partial charge on any atom is 0.253 e. The van der Waals surface area contributed by atoms with Gasteiger partial charge in [0.2, 0.25) is 11.7 Å². The van der Waals surface area contributed by atoms with Crippen molar-refractivity contribution in [3.63, 3.8) is 0 Å². The highest BCUT2D eigenvalue weighted by atomic mass is 35.5. The van der Waals surface area contributed by atoms with Crippen molar-refractivity contribution in [1.29, 1.82) is 0 Å².